The molecule has 1 aromatic carbocycles. The SMILES string of the molecule is N#Cc1ccc(S(=O)(=O)N2CCN(c3cc(Nc4ccccn4)ncn3)CC2)cc1. The van der Waals surface area contributed by atoms with Gasteiger partial charge in [0.2, 0.25) is 10.0 Å². The van der Waals surface area contributed by atoms with Crippen molar-refractivity contribution in [3.05, 3.63) is 66.6 Å². The van der Waals surface area contributed by atoms with Gasteiger partial charge in [-0.2, -0.15) is 9.57 Å². The van der Waals surface area contributed by atoms with E-state index in [0.29, 0.717) is 43.4 Å². The van der Waals surface area contributed by atoms with Crippen molar-refractivity contribution in [2.24, 2.45) is 0 Å². The number of hydrogen-bond acceptors (Lipinski definition) is 8. The molecule has 9 nitrogen and oxygen atoms in total. The summed E-state index contributed by atoms with van der Waals surface area (Å²) in [5.74, 6) is 2.02. The molecule has 0 spiro atoms. The number of pyridine rings is 1. The Hall–Kier alpha value is -3.55. The van der Waals surface area contributed by atoms with Crippen molar-refractivity contribution < 1.29 is 8.42 Å². The van der Waals surface area contributed by atoms with Crippen LogP contribution in [0.4, 0.5) is 17.5 Å². The maximum atomic E-state index is 12.9. The van der Waals surface area contributed by atoms with E-state index in [-0.39, 0.29) is 4.90 Å². The number of sulfonamides is 1. The minimum absolute atomic E-state index is 0.193. The van der Waals surface area contributed by atoms with Gasteiger partial charge in [0.05, 0.1) is 16.5 Å². The van der Waals surface area contributed by atoms with Gasteiger partial charge < -0.3 is 10.2 Å². The second-order valence-electron chi connectivity index (χ2n) is 6.63. The molecule has 0 saturated carbocycles. The predicted octanol–water partition coefficient (Wildman–Crippen LogP) is 2.00. The van der Waals surface area contributed by atoms with Crippen molar-refractivity contribution in [1.82, 2.24) is 19.3 Å². The van der Waals surface area contributed by atoms with Gasteiger partial charge in [-0.1, -0.05) is 6.07 Å². The summed E-state index contributed by atoms with van der Waals surface area (Å²) >= 11 is 0. The summed E-state index contributed by atoms with van der Waals surface area (Å²) in [5, 5.41) is 12.0. The Morgan fingerprint density at radius 1 is 0.933 bits per heavy atom. The van der Waals surface area contributed by atoms with Gasteiger partial charge in [0, 0.05) is 38.4 Å². The van der Waals surface area contributed by atoms with Crippen LogP contribution in [0.25, 0.3) is 0 Å². The first-order valence-corrected chi connectivity index (χ1v) is 10.8. The van der Waals surface area contributed by atoms with E-state index in [1.165, 1.54) is 34.9 Å². The average Bonchev–Trinajstić information content (AvgIpc) is 2.80. The first kappa shape index (κ1) is 19.8. The topological polar surface area (TPSA) is 115 Å². The second-order valence-corrected chi connectivity index (χ2v) is 8.57. The van der Waals surface area contributed by atoms with Crippen molar-refractivity contribution in [2.45, 2.75) is 4.90 Å². The molecule has 0 amide bonds. The molecule has 30 heavy (non-hydrogen) atoms. The van der Waals surface area contributed by atoms with Gasteiger partial charge in [-0.25, -0.2) is 23.4 Å². The predicted molar refractivity (Wildman–Crippen MR) is 112 cm³/mol. The van der Waals surface area contributed by atoms with Crippen molar-refractivity contribution in [2.75, 3.05) is 36.4 Å². The number of benzene rings is 1. The molecule has 10 heteroatoms. The third kappa shape index (κ3) is 4.22. The number of hydrogen-bond donors (Lipinski definition) is 1. The molecule has 1 N–H and O–H groups in total. The number of piperazine rings is 1. The van der Waals surface area contributed by atoms with E-state index < -0.39 is 10.0 Å². The lowest BCUT2D eigenvalue weighted by Gasteiger charge is -2.34. The number of nitrogens with one attached hydrogen (secondary N) is 1. The molecule has 1 aliphatic heterocycles. The highest BCUT2D eigenvalue weighted by Gasteiger charge is 2.29. The fraction of sp³-hybridized carbons (Fsp3) is 0.200. The molecule has 152 valence electrons. The summed E-state index contributed by atoms with van der Waals surface area (Å²) in [7, 11) is -3.60. The monoisotopic (exact) mass is 421 g/mol. The molecular weight excluding hydrogens is 402 g/mol. The van der Waals surface area contributed by atoms with E-state index in [1.54, 1.807) is 6.20 Å². The number of nitriles is 1. The highest BCUT2D eigenvalue weighted by molar-refractivity contribution is 7.89. The van der Waals surface area contributed by atoms with E-state index >= 15 is 0 Å². The zero-order valence-corrected chi connectivity index (χ0v) is 16.8. The highest BCUT2D eigenvalue weighted by atomic mass is 32.2. The number of rotatable bonds is 5. The highest BCUT2D eigenvalue weighted by Crippen LogP contribution is 2.22. The summed E-state index contributed by atoms with van der Waals surface area (Å²) in [6.07, 6.45) is 3.17. The maximum Gasteiger partial charge on any atom is 0.243 e. The first-order chi connectivity index (χ1) is 14.6. The third-order valence-electron chi connectivity index (χ3n) is 4.76. The molecule has 0 bridgehead atoms. The van der Waals surface area contributed by atoms with Crippen LogP contribution in [0.2, 0.25) is 0 Å². The van der Waals surface area contributed by atoms with Gasteiger partial charge in [-0.15, -0.1) is 0 Å². The van der Waals surface area contributed by atoms with Crippen molar-refractivity contribution in [3.8, 4) is 6.07 Å². The quantitative estimate of drug-likeness (QED) is 0.665. The average molecular weight is 421 g/mol. The van der Waals surface area contributed by atoms with Crippen LogP contribution in [0.5, 0.6) is 0 Å². The lowest BCUT2D eigenvalue weighted by molar-refractivity contribution is 0.384. The minimum atomic E-state index is -3.60. The standard InChI is InChI=1S/C20H19N7O2S/c21-14-16-4-6-17(7-5-16)30(28,29)27-11-9-26(10-12-27)20-13-19(23-15-24-20)25-18-3-1-2-8-22-18/h1-8,13,15H,9-12H2,(H,22,23,24,25). The summed E-state index contributed by atoms with van der Waals surface area (Å²) in [4.78, 5) is 15.0. The molecule has 3 heterocycles. The number of nitrogens with zero attached hydrogens (tertiary/aromatic N) is 6. The van der Waals surface area contributed by atoms with Crippen molar-refractivity contribution in [1.29, 1.82) is 5.26 Å². The van der Waals surface area contributed by atoms with Crippen LogP contribution in [0.3, 0.4) is 0 Å². The molecule has 0 radical (unpaired) electrons. The molecule has 3 aromatic rings. The normalized spacial score (nSPS) is 14.8. The first-order valence-electron chi connectivity index (χ1n) is 9.31. The number of aromatic nitrogens is 3. The molecule has 1 saturated heterocycles. The Balaban J connectivity index is 1.43. The fourth-order valence-corrected chi connectivity index (χ4v) is 4.59. The Morgan fingerprint density at radius 3 is 2.37 bits per heavy atom. The van der Waals surface area contributed by atoms with Gasteiger partial charge in [0.25, 0.3) is 0 Å². The van der Waals surface area contributed by atoms with E-state index in [9.17, 15) is 8.42 Å². The molecule has 1 fully saturated rings. The number of anilines is 3. The lowest BCUT2D eigenvalue weighted by atomic mass is 10.2. The molecule has 0 aliphatic carbocycles. The van der Waals surface area contributed by atoms with Gasteiger partial charge >= 0.3 is 0 Å². The molecule has 0 atom stereocenters. The van der Waals surface area contributed by atoms with Gasteiger partial charge in [-0.3, -0.25) is 0 Å². The van der Waals surface area contributed by atoms with Crippen LogP contribution in [0, 0.1) is 11.3 Å². The Labute approximate surface area is 174 Å². The van der Waals surface area contributed by atoms with Gasteiger partial charge in [0.1, 0.15) is 23.8 Å². The molecule has 4 rings (SSSR count). The smallest absolute Gasteiger partial charge is 0.243 e. The van der Waals surface area contributed by atoms with Crippen LogP contribution in [0.15, 0.2) is 66.0 Å². The van der Waals surface area contributed by atoms with Crippen molar-refractivity contribution in [3.63, 3.8) is 0 Å². The van der Waals surface area contributed by atoms with Crippen LogP contribution < -0.4 is 10.2 Å². The largest absolute Gasteiger partial charge is 0.354 e. The summed E-state index contributed by atoms with van der Waals surface area (Å²) in [6, 6.07) is 15.3. The summed E-state index contributed by atoms with van der Waals surface area (Å²) < 4.78 is 27.2. The van der Waals surface area contributed by atoms with Crippen molar-refractivity contribution >= 4 is 27.5 Å². The molecule has 0 unspecified atom stereocenters. The third-order valence-corrected chi connectivity index (χ3v) is 6.67. The lowest BCUT2D eigenvalue weighted by Crippen LogP contribution is -2.48. The maximum absolute atomic E-state index is 12.9. The summed E-state index contributed by atoms with van der Waals surface area (Å²) in [5.41, 5.74) is 0.428. The second kappa shape index (κ2) is 8.44. The Kier molecular flexibility index (Phi) is 5.56. The van der Waals surface area contributed by atoms with E-state index in [2.05, 4.69) is 20.3 Å². The van der Waals surface area contributed by atoms with Crippen LogP contribution in [-0.2, 0) is 10.0 Å². The zero-order valence-electron chi connectivity index (χ0n) is 16.0. The van der Waals surface area contributed by atoms with Gasteiger partial charge in [0.15, 0.2) is 0 Å². The zero-order chi connectivity index (χ0) is 21.0. The van der Waals surface area contributed by atoms with E-state index in [4.69, 9.17) is 5.26 Å². The molecular formula is C20H19N7O2S. The molecule has 2 aromatic heterocycles. The minimum Gasteiger partial charge on any atom is -0.354 e. The van der Waals surface area contributed by atoms with E-state index in [1.807, 2.05) is 35.2 Å². The summed E-state index contributed by atoms with van der Waals surface area (Å²) in [6.45, 7) is 1.70. The van der Waals surface area contributed by atoms with E-state index in [0.717, 1.165) is 5.82 Å². The van der Waals surface area contributed by atoms with Crippen LogP contribution >= 0.6 is 0 Å². The molecule has 1 aliphatic rings. The van der Waals surface area contributed by atoms with Gasteiger partial charge in [-0.05, 0) is 36.4 Å². The van der Waals surface area contributed by atoms with Crippen LogP contribution in [0.1, 0.15) is 5.56 Å². The Morgan fingerprint density at radius 2 is 1.70 bits per heavy atom. The Bertz CT molecular complexity index is 1150. The van der Waals surface area contributed by atoms with Crippen LogP contribution in [-0.4, -0.2) is 53.9 Å². The fourth-order valence-electron chi connectivity index (χ4n) is 3.16.